The van der Waals surface area contributed by atoms with Crippen molar-refractivity contribution in [2.45, 2.75) is 20.8 Å². The summed E-state index contributed by atoms with van der Waals surface area (Å²) in [4.78, 5) is 0. The minimum atomic E-state index is 0.205. The molecular formula is C14H12ClN3O. The van der Waals surface area contributed by atoms with E-state index in [0.29, 0.717) is 22.0 Å². The van der Waals surface area contributed by atoms with Gasteiger partial charge in [0.05, 0.1) is 5.69 Å². The molecule has 0 unspecified atom stereocenters. The second-order valence-corrected chi connectivity index (χ2v) is 4.65. The van der Waals surface area contributed by atoms with Gasteiger partial charge in [-0.3, -0.25) is 0 Å². The highest BCUT2D eigenvalue weighted by atomic mass is 35.5. The summed E-state index contributed by atoms with van der Waals surface area (Å²) >= 11 is 5.93. The van der Waals surface area contributed by atoms with E-state index in [2.05, 4.69) is 16.3 Å². The van der Waals surface area contributed by atoms with E-state index >= 15 is 0 Å². The van der Waals surface area contributed by atoms with Crippen molar-refractivity contribution in [3.8, 4) is 17.7 Å². The molecule has 0 amide bonds. The van der Waals surface area contributed by atoms with E-state index in [1.165, 1.54) is 0 Å². The molecule has 0 saturated heterocycles. The standard InChI is InChI=1S/C14H12ClN3O/c1-8-4-5-11(15)6-13(8)19-14-12(7-16)9(2)10(3)17-18-14/h4-6H,1-3H3. The predicted molar refractivity (Wildman–Crippen MR) is 72.5 cm³/mol. The van der Waals surface area contributed by atoms with Gasteiger partial charge in [-0.1, -0.05) is 17.7 Å². The van der Waals surface area contributed by atoms with Crippen LogP contribution in [-0.2, 0) is 0 Å². The molecule has 0 spiro atoms. The molecule has 4 nitrogen and oxygen atoms in total. The van der Waals surface area contributed by atoms with Gasteiger partial charge < -0.3 is 4.74 Å². The van der Waals surface area contributed by atoms with Gasteiger partial charge in [0, 0.05) is 5.02 Å². The first-order valence-corrected chi connectivity index (χ1v) is 6.08. The molecule has 0 N–H and O–H groups in total. The van der Waals surface area contributed by atoms with E-state index in [-0.39, 0.29) is 5.88 Å². The van der Waals surface area contributed by atoms with Gasteiger partial charge in [-0.2, -0.15) is 10.4 Å². The number of halogens is 1. The highest BCUT2D eigenvalue weighted by molar-refractivity contribution is 6.30. The van der Waals surface area contributed by atoms with E-state index in [9.17, 15) is 5.26 Å². The van der Waals surface area contributed by atoms with Gasteiger partial charge in [0.2, 0.25) is 0 Å². The van der Waals surface area contributed by atoms with Gasteiger partial charge in [-0.05, 0) is 44.0 Å². The van der Waals surface area contributed by atoms with Crippen LogP contribution in [-0.4, -0.2) is 10.2 Å². The Hall–Kier alpha value is -2.12. The lowest BCUT2D eigenvalue weighted by atomic mass is 10.1. The number of hydrogen-bond donors (Lipinski definition) is 0. The van der Waals surface area contributed by atoms with Gasteiger partial charge >= 0.3 is 0 Å². The fraction of sp³-hybridized carbons (Fsp3) is 0.214. The fourth-order valence-corrected chi connectivity index (χ4v) is 1.74. The van der Waals surface area contributed by atoms with Crippen LogP contribution in [0.1, 0.15) is 22.4 Å². The van der Waals surface area contributed by atoms with Crippen LogP contribution in [0.3, 0.4) is 0 Å². The number of ether oxygens (including phenoxy) is 1. The zero-order valence-electron chi connectivity index (χ0n) is 10.9. The van der Waals surface area contributed by atoms with Crippen molar-refractivity contribution in [2.24, 2.45) is 0 Å². The molecular weight excluding hydrogens is 262 g/mol. The van der Waals surface area contributed by atoms with Crippen molar-refractivity contribution in [3.63, 3.8) is 0 Å². The van der Waals surface area contributed by atoms with Gasteiger partial charge in [0.25, 0.3) is 5.88 Å². The second kappa shape index (κ2) is 5.25. The van der Waals surface area contributed by atoms with Crippen LogP contribution in [0.5, 0.6) is 11.6 Å². The van der Waals surface area contributed by atoms with Gasteiger partial charge in [0.1, 0.15) is 17.4 Å². The molecule has 1 heterocycles. The lowest BCUT2D eigenvalue weighted by Crippen LogP contribution is -2.01. The summed E-state index contributed by atoms with van der Waals surface area (Å²) in [5, 5.41) is 17.7. The predicted octanol–water partition coefficient (Wildman–Crippen LogP) is 3.72. The lowest BCUT2D eigenvalue weighted by Gasteiger charge is -2.10. The minimum Gasteiger partial charge on any atom is -0.436 e. The average Bonchev–Trinajstić information content (AvgIpc) is 2.38. The number of nitriles is 1. The second-order valence-electron chi connectivity index (χ2n) is 4.21. The summed E-state index contributed by atoms with van der Waals surface area (Å²) in [5.74, 6) is 0.775. The first-order valence-electron chi connectivity index (χ1n) is 5.71. The van der Waals surface area contributed by atoms with Crippen LogP contribution in [0.15, 0.2) is 18.2 Å². The third-order valence-corrected chi connectivity index (χ3v) is 3.13. The Bertz CT molecular complexity index is 677. The van der Waals surface area contributed by atoms with Crippen LogP contribution in [0.2, 0.25) is 5.02 Å². The maximum Gasteiger partial charge on any atom is 0.257 e. The van der Waals surface area contributed by atoms with Crippen LogP contribution < -0.4 is 4.74 Å². The zero-order valence-corrected chi connectivity index (χ0v) is 11.6. The highest BCUT2D eigenvalue weighted by Gasteiger charge is 2.14. The monoisotopic (exact) mass is 273 g/mol. The molecule has 0 bridgehead atoms. The Balaban J connectivity index is 2.47. The maximum atomic E-state index is 9.20. The number of rotatable bonds is 2. The van der Waals surface area contributed by atoms with Crippen molar-refractivity contribution < 1.29 is 4.74 Å². The number of nitrogens with zero attached hydrogens (tertiary/aromatic N) is 3. The van der Waals surface area contributed by atoms with Gasteiger partial charge in [-0.25, -0.2) is 0 Å². The van der Waals surface area contributed by atoms with Crippen molar-refractivity contribution in [1.29, 1.82) is 5.26 Å². The van der Waals surface area contributed by atoms with E-state index < -0.39 is 0 Å². The van der Waals surface area contributed by atoms with Crippen molar-refractivity contribution in [2.75, 3.05) is 0 Å². The molecule has 0 aliphatic rings. The molecule has 5 heteroatoms. The molecule has 2 aromatic rings. The third-order valence-electron chi connectivity index (χ3n) is 2.89. The Labute approximate surface area is 116 Å². The summed E-state index contributed by atoms with van der Waals surface area (Å²) in [6.45, 7) is 5.52. The molecule has 96 valence electrons. The Morgan fingerprint density at radius 1 is 1.21 bits per heavy atom. The van der Waals surface area contributed by atoms with Gasteiger partial charge in [0.15, 0.2) is 0 Å². The van der Waals surface area contributed by atoms with E-state index in [1.54, 1.807) is 19.1 Å². The molecule has 1 aromatic carbocycles. The summed E-state index contributed by atoms with van der Waals surface area (Å²) in [5.41, 5.74) is 2.79. The average molecular weight is 274 g/mol. The number of aryl methyl sites for hydroxylation is 2. The summed E-state index contributed by atoms with van der Waals surface area (Å²) in [7, 11) is 0. The van der Waals surface area contributed by atoms with E-state index in [1.807, 2.05) is 19.9 Å². The van der Waals surface area contributed by atoms with Crippen molar-refractivity contribution >= 4 is 11.6 Å². The molecule has 0 fully saturated rings. The lowest BCUT2D eigenvalue weighted by molar-refractivity contribution is 0.448. The van der Waals surface area contributed by atoms with Crippen LogP contribution in [0, 0.1) is 32.1 Å². The van der Waals surface area contributed by atoms with Crippen LogP contribution in [0.4, 0.5) is 0 Å². The fourth-order valence-electron chi connectivity index (χ4n) is 1.58. The van der Waals surface area contributed by atoms with Crippen molar-refractivity contribution in [3.05, 3.63) is 45.6 Å². The van der Waals surface area contributed by atoms with Crippen molar-refractivity contribution in [1.82, 2.24) is 10.2 Å². The van der Waals surface area contributed by atoms with E-state index in [0.717, 1.165) is 11.1 Å². The molecule has 0 atom stereocenters. The van der Waals surface area contributed by atoms with Gasteiger partial charge in [-0.15, -0.1) is 5.10 Å². The quantitative estimate of drug-likeness (QED) is 0.837. The molecule has 0 aliphatic heterocycles. The van der Waals surface area contributed by atoms with E-state index in [4.69, 9.17) is 16.3 Å². The van der Waals surface area contributed by atoms with Crippen LogP contribution in [0.25, 0.3) is 0 Å². The summed E-state index contributed by atoms with van der Waals surface area (Å²) in [6.07, 6.45) is 0. The summed E-state index contributed by atoms with van der Waals surface area (Å²) in [6, 6.07) is 7.41. The summed E-state index contributed by atoms with van der Waals surface area (Å²) < 4.78 is 5.67. The molecule has 0 saturated carbocycles. The molecule has 2 rings (SSSR count). The molecule has 0 radical (unpaired) electrons. The SMILES string of the molecule is Cc1ccc(Cl)cc1Oc1nnc(C)c(C)c1C#N. The third kappa shape index (κ3) is 2.67. The van der Waals surface area contributed by atoms with Crippen LogP contribution >= 0.6 is 11.6 Å². The Morgan fingerprint density at radius 3 is 2.63 bits per heavy atom. The smallest absolute Gasteiger partial charge is 0.257 e. The number of aromatic nitrogens is 2. The topological polar surface area (TPSA) is 58.8 Å². The molecule has 1 aromatic heterocycles. The Morgan fingerprint density at radius 2 is 1.95 bits per heavy atom. The number of hydrogen-bond acceptors (Lipinski definition) is 4. The highest BCUT2D eigenvalue weighted by Crippen LogP contribution is 2.29. The largest absolute Gasteiger partial charge is 0.436 e. The number of benzene rings is 1. The molecule has 19 heavy (non-hydrogen) atoms. The minimum absolute atomic E-state index is 0.205. The first kappa shape index (κ1) is 13.3. The first-order chi connectivity index (χ1) is 9.02. The molecule has 0 aliphatic carbocycles. The maximum absolute atomic E-state index is 9.20. The normalized spacial score (nSPS) is 10.1. The zero-order chi connectivity index (χ0) is 14.0. The Kier molecular flexibility index (Phi) is 3.68.